The van der Waals surface area contributed by atoms with Gasteiger partial charge in [-0.1, -0.05) is 89.8 Å². The molecule has 6 nitrogen and oxygen atoms in total. The highest BCUT2D eigenvalue weighted by atomic mass is 32.2. The molecular formula is C23H19N3O3S2. The van der Waals surface area contributed by atoms with E-state index in [9.17, 15) is 9.59 Å². The molecule has 0 unspecified atom stereocenters. The van der Waals surface area contributed by atoms with E-state index < -0.39 is 0 Å². The van der Waals surface area contributed by atoms with E-state index in [0.29, 0.717) is 20.7 Å². The summed E-state index contributed by atoms with van der Waals surface area (Å²) in [6.07, 6.45) is 1.96. The first-order valence-electron chi connectivity index (χ1n) is 9.68. The van der Waals surface area contributed by atoms with Gasteiger partial charge in [-0.15, -0.1) is 0 Å². The predicted octanol–water partition coefficient (Wildman–Crippen LogP) is 4.25. The predicted molar refractivity (Wildman–Crippen MR) is 125 cm³/mol. The van der Waals surface area contributed by atoms with Gasteiger partial charge >= 0.3 is 0 Å². The quantitative estimate of drug-likeness (QED) is 0.429. The molecule has 8 heteroatoms. The third-order valence-corrected chi connectivity index (χ3v) is 6.00. The van der Waals surface area contributed by atoms with Crippen LogP contribution in [0, 0.1) is 0 Å². The van der Waals surface area contributed by atoms with E-state index in [1.807, 2.05) is 66.7 Å². The summed E-state index contributed by atoms with van der Waals surface area (Å²) in [5.41, 5.74) is 2.59. The maximum Gasteiger partial charge on any atom is 0.266 e. The lowest BCUT2D eigenvalue weighted by Crippen LogP contribution is -2.33. The number of nitrogens with one attached hydrogen (secondary N) is 1. The van der Waals surface area contributed by atoms with Crippen LogP contribution in [0.1, 0.15) is 17.7 Å². The fourth-order valence-electron chi connectivity index (χ4n) is 3.02. The van der Waals surface area contributed by atoms with Gasteiger partial charge in [-0.2, -0.15) is 0 Å². The molecular weight excluding hydrogens is 430 g/mol. The van der Waals surface area contributed by atoms with Crippen LogP contribution in [0.15, 0.2) is 76.2 Å². The van der Waals surface area contributed by atoms with Crippen LogP contribution >= 0.6 is 24.0 Å². The number of thiocarbonyl (C=S) groups is 1. The monoisotopic (exact) mass is 449 g/mol. The molecule has 0 atom stereocenters. The summed E-state index contributed by atoms with van der Waals surface area (Å²) < 4.78 is 5.75. The van der Waals surface area contributed by atoms with Crippen LogP contribution in [0.2, 0.25) is 0 Å². The fourth-order valence-corrected chi connectivity index (χ4v) is 4.33. The lowest BCUT2D eigenvalue weighted by Gasteiger charge is -2.13. The van der Waals surface area contributed by atoms with Crippen molar-refractivity contribution in [2.75, 3.05) is 6.54 Å². The van der Waals surface area contributed by atoms with Crippen molar-refractivity contribution in [3.8, 4) is 11.3 Å². The van der Waals surface area contributed by atoms with Crippen molar-refractivity contribution >= 4 is 46.2 Å². The molecule has 0 bridgehead atoms. The molecule has 1 fully saturated rings. The Hall–Kier alpha value is -3.23. The van der Waals surface area contributed by atoms with Crippen LogP contribution in [-0.4, -0.2) is 32.7 Å². The van der Waals surface area contributed by atoms with Gasteiger partial charge in [0.2, 0.25) is 5.91 Å². The van der Waals surface area contributed by atoms with Crippen LogP contribution in [-0.2, 0) is 16.1 Å². The topological polar surface area (TPSA) is 75.4 Å². The van der Waals surface area contributed by atoms with Gasteiger partial charge < -0.3 is 9.84 Å². The summed E-state index contributed by atoms with van der Waals surface area (Å²) in [6, 6.07) is 21.0. The summed E-state index contributed by atoms with van der Waals surface area (Å²) in [5.74, 6) is 0.191. The number of carbonyl (C=O) groups is 2. The van der Waals surface area contributed by atoms with Crippen molar-refractivity contribution in [3.05, 3.63) is 83.0 Å². The molecule has 1 aliphatic heterocycles. The van der Waals surface area contributed by atoms with E-state index in [1.54, 1.807) is 6.07 Å². The van der Waals surface area contributed by atoms with Crippen molar-refractivity contribution in [3.63, 3.8) is 0 Å². The highest BCUT2D eigenvalue weighted by Gasteiger charge is 2.32. The normalized spacial score (nSPS) is 15.0. The first kappa shape index (κ1) is 21.0. The molecule has 0 aliphatic carbocycles. The Bertz CT molecular complexity index is 1130. The van der Waals surface area contributed by atoms with Gasteiger partial charge in [-0.3, -0.25) is 14.5 Å². The molecule has 1 saturated heterocycles. The summed E-state index contributed by atoms with van der Waals surface area (Å²) in [4.78, 5) is 26.9. The Morgan fingerprint density at radius 1 is 1.13 bits per heavy atom. The molecule has 0 saturated carbocycles. The zero-order valence-electron chi connectivity index (χ0n) is 16.5. The summed E-state index contributed by atoms with van der Waals surface area (Å²) in [7, 11) is 0. The van der Waals surface area contributed by atoms with E-state index in [4.69, 9.17) is 16.7 Å². The second-order valence-corrected chi connectivity index (χ2v) is 8.49. The zero-order chi connectivity index (χ0) is 21.6. The number of nitrogens with zero attached hydrogens (tertiary/aromatic N) is 2. The summed E-state index contributed by atoms with van der Waals surface area (Å²) in [6.45, 7) is 0.458. The molecule has 31 heavy (non-hydrogen) atoms. The van der Waals surface area contributed by atoms with Crippen molar-refractivity contribution in [2.24, 2.45) is 0 Å². The first-order valence-corrected chi connectivity index (χ1v) is 10.9. The Morgan fingerprint density at radius 2 is 1.84 bits per heavy atom. The van der Waals surface area contributed by atoms with E-state index in [0.717, 1.165) is 11.1 Å². The van der Waals surface area contributed by atoms with Crippen LogP contribution in [0.3, 0.4) is 0 Å². The third-order valence-electron chi connectivity index (χ3n) is 4.62. The summed E-state index contributed by atoms with van der Waals surface area (Å²) in [5, 5.41) is 6.82. The Morgan fingerprint density at radius 3 is 2.58 bits per heavy atom. The van der Waals surface area contributed by atoms with E-state index in [2.05, 4.69) is 10.5 Å². The molecule has 3 aromatic rings. The smallest absolute Gasteiger partial charge is 0.266 e. The number of hydrogen-bond donors (Lipinski definition) is 1. The first-order chi connectivity index (χ1) is 15.1. The molecule has 2 amide bonds. The molecule has 1 aromatic heterocycles. The molecule has 156 valence electrons. The molecule has 0 radical (unpaired) electrons. The lowest BCUT2D eigenvalue weighted by atomic mass is 10.1. The molecule has 1 aliphatic rings. The second-order valence-electron chi connectivity index (χ2n) is 6.82. The van der Waals surface area contributed by atoms with Gasteiger partial charge in [-0.05, 0) is 11.6 Å². The number of carbonyl (C=O) groups excluding carboxylic acids is 2. The van der Waals surface area contributed by atoms with Crippen molar-refractivity contribution in [1.29, 1.82) is 0 Å². The van der Waals surface area contributed by atoms with Crippen LogP contribution < -0.4 is 5.32 Å². The third kappa shape index (κ3) is 5.28. The maximum atomic E-state index is 12.6. The molecule has 1 N–H and O–H groups in total. The minimum atomic E-state index is -0.196. The second kappa shape index (κ2) is 9.72. The molecule has 4 rings (SSSR count). The minimum absolute atomic E-state index is 0.144. The number of rotatable bonds is 7. The Labute approximate surface area is 189 Å². The van der Waals surface area contributed by atoms with E-state index in [-0.39, 0.29) is 31.3 Å². The number of amides is 2. The minimum Gasteiger partial charge on any atom is -0.359 e. The number of thioether (sulfide) groups is 1. The van der Waals surface area contributed by atoms with Gasteiger partial charge in [0.1, 0.15) is 10.0 Å². The molecule has 0 spiro atoms. The van der Waals surface area contributed by atoms with Crippen molar-refractivity contribution in [2.45, 2.75) is 13.0 Å². The molecule has 2 heterocycles. The maximum absolute atomic E-state index is 12.6. The number of benzene rings is 2. The van der Waals surface area contributed by atoms with E-state index >= 15 is 0 Å². The zero-order valence-corrected chi connectivity index (χ0v) is 18.1. The van der Waals surface area contributed by atoms with Gasteiger partial charge in [0.05, 0.1) is 11.4 Å². The SMILES string of the molecule is O=C(CCN1C(=O)/C(=C/c2ccccc2)SC1=S)NCc1cc(-c2ccccc2)no1. The van der Waals surface area contributed by atoms with Crippen molar-refractivity contribution < 1.29 is 14.1 Å². The number of hydrogen-bond acceptors (Lipinski definition) is 6. The average Bonchev–Trinajstić information content (AvgIpc) is 3.37. The van der Waals surface area contributed by atoms with Gasteiger partial charge in [0.15, 0.2) is 5.76 Å². The van der Waals surface area contributed by atoms with E-state index in [1.165, 1.54) is 16.7 Å². The fraction of sp³-hybridized carbons (Fsp3) is 0.130. The highest BCUT2D eigenvalue weighted by Crippen LogP contribution is 2.32. The van der Waals surface area contributed by atoms with Crippen LogP contribution in [0.25, 0.3) is 17.3 Å². The highest BCUT2D eigenvalue weighted by molar-refractivity contribution is 8.26. The molecule has 2 aromatic carbocycles. The number of aromatic nitrogens is 1. The van der Waals surface area contributed by atoms with Gasteiger partial charge in [0.25, 0.3) is 5.91 Å². The largest absolute Gasteiger partial charge is 0.359 e. The van der Waals surface area contributed by atoms with Crippen LogP contribution in [0.5, 0.6) is 0 Å². The summed E-state index contributed by atoms with van der Waals surface area (Å²) >= 11 is 6.58. The lowest BCUT2D eigenvalue weighted by molar-refractivity contribution is -0.124. The van der Waals surface area contributed by atoms with Crippen LogP contribution in [0.4, 0.5) is 0 Å². The van der Waals surface area contributed by atoms with Gasteiger partial charge in [0, 0.05) is 24.6 Å². The van der Waals surface area contributed by atoms with Gasteiger partial charge in [-0.25, -0.2) is 0 Å². The standard InChI is InChI=1S/C23H19N3O3S2/c27-21(24-15-18-14-19(25-29-18)17-9-5-2-6-10-17)11-12-26-22(28)20(31-23(26)30)13-16-7-3-1-4-8-16/h1-10,13-14H,11-12,15H2,(H,24,27)/b20-13-. The average molecular weight is 450 g/mol. The Kier molecular flexibility index (Phi) is 6.59. The van der Waals surface area contributed by atoms with Crippen molar-refractivity contribution in [1.82, 2.24) is 15.4 Å². The Balaban J connectivity index is 1.28.